The molecule has 2 rings (SSSR count). The Balaban J connectivity index is 1.95. The lowest BCUT2D eigenvalue weighted by Crippen LogP contribution is -2.46. The van der Waals surface area contributed by atoms with Gasteiger partial charge in [0, 0.05) is 24.5 Å². The van der Waals surface area contributed by atoms with Crippen LogP contribution in [0, 0.1) is 17.6 Å². The summed E-state index contributed by atoms with van der Waals surface area (Å²) < 4.78 is 26.9. The van der Waals surface area contributed by atoms with E-state index in [0.717, 1.165) is 18.6 Å². The van der Waals surface area contributed by atoms with E-state index in [1.54, 1.807) is 0 Å². The molecule has 0 bridgehead atoms. The minimum absolute atomic E-state index is 0.0530. The second-order valence-electron chi connectivity index (χ2n) is 7.04. The zero-order valence-electron chi connectivity index (χ0n) is 16.3. The molecule has 1 heterocycles. The number of aromatic nitrogens is 2. The van der Waals surface area contributed by atoms with Gasteiger partial charge in [-0.15, -0.1) is 0 Å². The van der Waals surface area contributed by atoms with Crippen LogP contribution in [0.25, 0.3) is 11.3 Å². The predicted octanol–water partition coefficient (Wildman–Crippen LogP) is 3.28. The van der Waals surface area contributed by atoms with Gasteiger partial charge in [-0.1, -0.05) is 26.1 Å². The summed E-state index contributed by atoms with van der Waals surface area (Å²) in [4.78, 5) is 31.4. The molecule has 1 aromatic carbocycles. The normalized spacial score (nSPS) is 11.9. The molecule has 1 aromatic heterocycles. The van der Waals surface area contributed by atoms with Gasteiger partial charge in [0.1, 0.15) is 23.5 Å². The molecule has 0 saturated heterocycles. The van der Waals surface area contributed by atoms with E-state index in [4.69, 9.17) is 12.2 Å². The van der Waals surface area contributed by atoms with Gasteiger partial charge in [-0.2, -0.15) is 0 Å². The molecule has 2 amide bonds. The third-order valence-corrected chi connectivity index (χ3v) is 4.40. The summed E-state index contributed by atoms with van der Waals surface area (Å²) in [5, 5.41) is 6.76. The van der Waals surface area contributed by atoms with Crippen LogP contribution < -0.4 is 10.6 Å². The Morgan fingerprint density at radius 1 is 1.31 bits per heavy atom. The molecule has 156 valence electrons. The van der Waals surface area contributed by atoms with Crippen molar-refractivity contribution in [1.29, 1.82) is 0 Å². The number of hydrogen-bond acceptors (Lipinski definition) is 4. The molecule has 0 aliphatic rings. The zero-order valence-corrected chi connectivity index (χ0v) is 17.1. The molecule has 0 radical (unpaired) electrons. The molecule has 0 fully saturated rings. The molecule has 1 atom stereocenters. The van der Waals surface area contributed by atoms with Gasteiger partial charge < -0.3 is 15.6 Å². The highest BCUT2D eigenvalue weighted by atomic mass is 32.1. The molecule has 0 saturated carbocycles. The smallest absolute Gasteiger partial charge is 0.243 e. The summed E-state index contributed by atoms with van der Waals surface area (Å²) in [6.45, 7) is 4.09. The van der Waals surface area contributed by atoms with Gasteiger partial charge in [0.15, 0.2) is 0 Å². The number of carbonyl (C=O) groups is 2. The summed E-state index contributed by atoms with van der Waals surface area (Å²) in [6, 6.07) is 2.48. The number of carbonyl (C=O) groups excluding carboxylic acids is 2. The average Bonchev–Trinajstić information content (AvgIpc) is 3.12. The van der Waals surface area contributed by atoms with Gasteiger partial charge in [0.25, 0.3) is 0 Å². The Morgan fingerprint density at radius 3 is 2.72 bits per heavy atom. The SMILES string of the molecule is CC(C)CCC(=O)N[C@@H](CC=S)C(=O)NCc1ncc(-c2ccc(F)cc2F)[nH]1. The number of H-pyrrole nitrogens is 1. The maximum atomic E-state index is 13.9. The average molecular weight is 423 g/mol. The Kier molecular flexibility index (Phi) is 8.38. The fraction of sp³-hybridized carbons (Fsp3) is 0.400. The zero-order chi connectivity index (χ0) is 21.4. The highest BCUT2D eigenvalue weighted by molar-refractivity contribution is 7.78. The fourth-order valence-corrected chi connectivity index (χ4v) is 2.80. The number of nitrogens with zero attached hydrogens (tertiary/aromatic N) is 1. The topological polar surface area (TPSA) is 86.9 Å². The molecule has 9 heteroatoms. The number of benzene rings is 1. The predicted molar refractivity (Wildman–Crippen MR) is 110 cm³/mol. The fourth-order valence-electron chi connectivity index (χ4n) is 2.61. The summed E-state index contributed by atoms with van der Waals surface area (Å²) in [5.41, 5.74) is 0.539. The minimum atomic E-state index is -0.767. The lowest BCUT2D eigenvalue weighted by Gasteiger charge is -2.17. The van der Waals surface area contributed by atoms with E-state index in [-0.39, 0.29) is 24.4 Å². The lowest BCUT2D eigenvalue weighted by molar-refractivity contribution is -0.129. The van der Waals surface area contributed by atoms with Crippen molar-refractivity contribution in [2.24, 2.45) is 5.92 Å². The van der Waals surface area contributed by atoms with Crippen molar-refractivity contribution in [2.45, 2.75) is 45.7 Å². The number of rotatable bonds is 10. The van der Waals surface area contributed by atoms with Crippen LogP contribution in [0.3, 0.4) is 0 Å². The number of nitrogens with one attached hydrogen (secondary N) is 3. The van der Waals surface area contributed by atoms with E-state index < -0.39 is 23.6 Å². The molecule has 0 spiro atoms. The molecule has 6 nitrogen and oxygen atoms in total. The van der Waals surface area contributed by atoms with Crippen molar-refractivity contribution in [3.63, 3.8) is 0 Å². The van der Waals surface area contributed by atoms with Gasteiger partial charge in [-0.3, -0.25) is 9.59 Å². The number of imidazole rings is 1. The molecule has 0 aliphatic heterocycles. The van der Waals surface area contributed by atoms with E-state index in [1.807, 2.05) is 13.8 Å². The van der Waals surface area contributed by atoms with Gasteiger partial charge in [-0.25, -0.2) is 13.8 Å². The number of amides is 2. The van der Waals surface area contributed by atoms with Crippen LogP contribution in [0.15, 0.2) is 24.4 Å². The number of aromatic amines is 1. The lowest BCUT2D eigenvalue weighted by atomic mass is 10.1. The van der Waals surface area contributed by atoms with Crippen molar-refractivity contribution in [3.8, 4) is 11.3 Å². The number of thiocarbonyl (C=S) groups is 1. The summed E-state index contributed by atoms with van der Waals surface area (Å²) in [5.74, 6) is -1.20. The molecule has 29 heavy (non-hydrogen) atoms. The third kappa shape index (κ3) is 7.01. The maximum absolute atomic E-state index is 13.9. The van der Waals surface area contributed by atoms with E-state index in [9.17, 15) is 18.4 Å². The first-order chi connectivity index (χ1) is 13.8. The van der Waals surface area contributed by atoms with Gasteiger partial charge in [-0.05, 0) is 29.8 Å². The van der Waals surface area contributed by atoms with Crippen LogP contribution in [-0.2, 0) is 16.1 Å². The molecular formula is C20H24F2N4O2S. The standard InChI is InChI=1S/C20H24F2N4O2S/c1-12(2)3-6-19(27)26-16(7-8-29)20(28)24-11-18-23-10-17(25-18)14-5-4-13(21)9-15(14)22/h4-5,8-10,12,16H,3,6-7,11H2,1-2H3,(H,23,25)(H,24,28)(H,26,27)/t16-/m0/s1. The summed E-state index contributed by atoms with van der Waals surface area (Å²) >= 11 is 4.83. The molecule has 3 N–H and O–H groups in total. The van der Waals surface area contributed by atoms with Crippen LogP contribution in [0.4, 0.5) is 8.78 Å². The molecule has 0 unspecified atom stereocenters. The van der Waals surface area contributed by atoms with Crippen LogP contribution in [0.2, 0.25) is 0 Å². The quantitative estimate of drug-likeness (QED) is 0.513. The number of hydrogen-bond donors (Lipinski definition) is 3. The Bertz CT molecular complexity index is 870. The second-order valence-corrected chi connectivity index (χ2v) is 7.37. The maximum Gasteiger partial charge on any atom is 0.243 e. The summed E-state index contributed by atoms with van der Waals surface area (Å²) in [6.07, 6.45) is 2.69. The highest BCUT2D eigenvalue weighted by Gasteiger charge is 2.20. The van der Waals surface area contributed by atoms with Crippen LogP contribution in [0.1, 0.15) is 38.9 Å². The van der Waals surface area contributed by atoms with Crippen LogP contribution in [0.5, 0.6) is 0 Å². The van der Waals surface area contributed by atoms with E-state index in [1.165, 1.54) is 17.6 Å². The van der Waals surface area contributed by atoms with Crippen molar-refractivity contribution in [1.82, 2.24) is 20.6 Å². The van der Waals surface area contributed by atoms with Crippen LogP contribution in [-0.4, -0.2) is 33.2 Å². The first-order valence-electron chi connectivity index (χ1n) is 9.30. The number of halogens is 2. The van der Waals surface area contributed by atoms with Gasteiger partial charge >= 0.3 is 0 Å². The van der Waals surface area contributed by atoms with E-state index >= 15 is 0 Å². The van der Waals surface area contributed by atoms with Crippen molar-refractivity contribution in [2.75, 3.05) is 0 Å². The van der Waals surface area contributed by atoms with Crippen LogP contribution >= 0.6 is 12.2 Å². The Morgan fingerprint density at radius 2 is 2.07 bits per heavy atom. The molecule has 0 aliphatic carbocycles. The van der Waals surface area contributed by atoms with Crippen molar-refractivity contribution in [3.05, 3.63) is 41.9 Å². The molecule has 2 aromatic rings. The summed E-state index contributed by atoms with van der Waals surface area (Å²) in [7, 11) is 0. The van der Waals surface area contributed by atoms with E-state index in [2.05, 4.69) is 20.6 Å². The van der Waals surface area contributed by atoms with Gasteiger partial charge in [0.2, 0.25) is 11.8 Å². The highest BCUT2D eigenvalue weighted by Crippen LogP contribution is 2.21. The third-order valence-electron chi connectivity index (χ3n) is 4.21. The minimum Gasteiger partial charge on any atom is -0.347 e. The Hall–Kier alpha value is -2.68. The first-order valence-corrected chi connectivity index (χ1v) is 9.77. The largest absolute Gasteiger partial charge is 0.347 e. The Labute approximate surface area is 173 Å². The van der Waals surface area contributed by atoms with Gasteiger partial charge in [0.05, 0.1) is 18.4 Å². The second kappa shape index (κ2) is 10.8. The van der Waals surface area contributed by atoms with Crippen molar-refractivity contribution < 1.29 is 18.4 Å². The van der Waals surface area contributed by atoms with Crippen molar-refractivity contribution >= 4 is 29.4 Å². The first kappa shape index (κ1) is 22.6. The van der Waals surface area contributed by atoms with E-state index in [0.29, 0.717) is 23.9 Å². The monoisotopic (exact) mass is 422 g/mol. The molecular weight excluding hydrogens is 398 g/mol.